The topological polar surface area (TPSA) is 213 Å². The molecule has 17 nitrogen and oxygen atoms in total. The van der Waals surface area contributed by atoms with Gasteiger partial charge in [-0.2, -0.15) is 9.97 Å². The third kappa shape index (κ3) is 7.87. The molecule has 0 radical (unpaired) electrons. The first-order valence-corrected chi connectivity index (χ1v) is 19.1. The molecule has 286 valence electrons. The molecule has 18 heteroatoms. The van der Waals surface area contributed by atoms with E-state index in [1.165, 1.54) is 19.1 Å². The summed E-state index contributed by atoms with van der Waals surface area (Å²) in [6.07, 6.45) is 2.73. The highest BCUT2D eigenvalue weighted by molar-refractivity contribution is 7.91. The fourth-order valence-corrected chi connectivity index (χ4v) is 8.07. The lowest BCUT2D eigenvalue weighted by Gasteiger charge is -2.35. The Bertz CT molecular complexity index is 1980. The van der Waals surface area contributed by atoms with E-state index in [1.54, 1.807) is 19.4 Å². The Morgan fingerprint density at radius 1 is 1.02 bits per heavy atom. The maximum Gasteiger partial charge on any atom is 0.324 e. The molecule has 1 aromatic carbocycles. The van der Waals surface area contributed by atoms with Gasteiger partial charge in [-0.25, -0.2) is 13.4 Å². The number of rotatable bonds is 14. The summed E-state index contributed by atoms with van der Waals surface area (Å²) < 4.78 is 49.9. The fourth-order valence-electron chi connectivity index (χ4n) is 6.71. The van der Waals surface area contributed by atoms with Gasteiger partial charge in [-0.1, -0.05) is 34.1 Å². The summed E-state index contributed by atoms with van der Waals surface area (Å²) in [5.41, 5.74) is -2.18. The number of likely N-dealkylation sites (tertiary alicyclic amines) is 1. The second kappa shape index (κ2) is 14.4. The van der Waals surface area contributed by atoms with Crippen LogP contribution < -0.4 is 34.3 Å². The summed E-state index contributed by atoms with van der Waals surface area (Å²) in [6.45, 7) is 7.41. The van der Waals surface area contributed by atoms with Crippen LogP contribution in [0.1, 0.15) is 59.8 Å². The van der Waals surface area contributed by atoms with Crippen molar-refractivity contribution in [3.8, 4) is 23.7 Å². The summed E-state index contributed by atoms with van der Waals surface area (Å²) in [4.78, 5) is 61.0. The standard InChI is InChI=1S/C35H46N8O9S/c1-8-20-17-35(20,30(46)42-53(47,48)23-10-11-23)41-27(44)25-16-22(52-28-24-12-9-21(49-5)15-19(24)13-14-36-28)18-43(25)29(45)26(34(2,3)4)37-31-38-32(50-6)40-33(39-31)51-7/h9,12-15,20,22-23,25-26H,8,10-11,16-18H2,1-7H3,(H,41,44)(H,42,46)(H,37,38,39,40)/t20-,22-,25+,26?,35-/m1/s1. The van der Waals surface area contributed by atoms with Crippen molar-refractivity contribution in [2.45, 2.75) is 88.8 Å². The van der Waals surface area contributed by atoms with E-state index in [1.807, 2.05) is 45.9 Å². The molecular weight excluding hydrogens is 708 g/mol. The SMILES string of the molecule is CC[C@@H]1C[C@]1(NC(=O)[C@@H]1C[C@@H](Oc2nccc3cc(OC)ccc23)CN1C(=O)C(Nc1nc(OC)nc(OC)n1)C(C)(C)C)C(=O)NS(=O)(=O)C1CC1. The zero-order chi connectivity index (χ0) is 38.3. The second-order valence-corrected chi connectivity index (χ2v) is 16.7. The van der Waals surface area contributed by atoms with Gasteiger partial charge in [0.25, 0.3) is 5.91 Å². The van der Waals surface area contributed by atoms with Gasteiger partial charge < -0.3 is 34.5 Å². The smallest absolute Gasteiger partial charge is 0.324 e. The van der Waals surface area contributed by atoms with Crippen LogP contribution in [-0.4, -0.2) is 108 Å². The largest absolute Gasteiger partial charge is 0.497 e. The van der Waals surface area contributed by atoms with Crippen molar-refractivity contribution in [1.82, 2.24) is 34.9 Å². The highest BCUT2D eigenvalue weighted by Crippen LogP contribution is 2.47. The van der Waals surface area contributed by atoms with E-state index in [2.05, 4.69) is 35.3 Å². The van der Waals surface area contributed by atoms with Crippen LogP contribution in [0.4, 0.5) is 5.95 Å². The Balaban J connectivity index is 1.31. The Kier molecular flexibility index (Phi) is 10.3. The molecule has 2 aliphatic carbocycles. The molecule has 0 spiro atoms. The molecule has 53 heavy (non-hydrogen) atoms. The van der Waals surface area contributed by atoms with Crippen LogP contribution in [-0.2, 0) is 24.4 Å². The molecule has 2 aromatic heterocycles. The first kappa shape index (κ1) is 37.7. The number of amides is 3. The van der Waals surface area contributed by atoms with Crippen LogP contribution in [0.25, 0.3) is 10.8 Å². The Labute approximate surface area is 308 Å². The minimum absolute atomic E-state index is 0.00426. The summed E-state index contributed by atoms with van der Waals surface area (Å²) in [6, 6.07) is 5.14. The lowest BCUT2D eigenvalue weighted by atomic mass is 9.85. The molecule has 3 heterocycles. The summed E-state index contributed by atoms with van der Waals surface area (Å²) in [5, 5.41) is 6.90. The number of benzene rings is 1. The third-order valence-electron chi connectivity index (χ3n) is 9.96. The summed E-state index contributed by atoms with van der Waals surface area (Å²) in [7, 11) is 0.482. The second-order valence-electron chi connectivity index (χ2n) is 14.7. The lowest BCUT2D eigenvalue weighted by Crippen LogP contribution is -2.58. The molecule has 1 saturated heterocycles. The number of carbonyl (C=O) groups excluding carboxylic acids is 3. The van der Waals surface area contributed by atoms with Crippen LogP contribution in [0.5, 0.6) is 23.7 Å². The van der Waals surface area contributed by atoms with Gasteiger partial charge in [0.2, 0.25) is 33.7 Å². The van der Waals surface area contributed by atoms with Crippen LogP contribution >= 0.6 is 0 Å². The van der Waals surface area contributed by atoms with E-state index in [0.717, 1.165) is 5.39 Å². The normalized spacial score (nSPS) is 23.2. The van der Waals surface area contributed by atoms with Gasteiger partial charge >= 0.3 is 12.0 Å². The van der Waals surface area contributed by atoms with E-state index in [4.69, 9.17) is 18.9 Å². The number of methoxy groups -OCH3 is 3. The van der Waals surface area contributed by atoms with Crippen molar-refractivity contribution in [2.24, 2.45) is 11.3 Å². The number of hydrogen-bond acceptors (Lipinski definition) is 14. The van der Waals surface area contributed by atoms with Crippen LogP contribution in [0.15, 0.2) is 30.5 Å². The zero-order valence-corrected chi connectivity index (χ0v) is 31.7. The van der Waals surface area contributed by atoms with Crippen molar-refractivity contribution in [3.05, 3.63) is 30.5 Å². The van der Waals surface area contributed by atoms with Crippen LogP contribution in [0.2, 0.25) is 0 Å². The fraction of sp³-hybridized carbons (Fsp3) is 0.571. The molecule has 3 aliphatic rings. The number of fused-ring (bicyclic) bond motifs is 1. The maximum atomic E-state index is 14.7. The quantitative estimate of drug-likeness (QED) is 0.215. The molecule has 3 amide bonds. The van der Waals surface area contributed by atoms with E-state index >= 15 is 0 Å². The number of pyridine rings is 1. The van der Waals surface area contributed by atoms with Crippen LogP contribution in [0, 0.1) is 11.3 Å². The predicted octanol–water partition coefficient (Wildman–Crippen LogP) is 2.21. The number of carbonyl (C=O) groups is 3. The molecule has 0 bridgehead atoms. The summed E-state index contributed by atoms with van der Waals surface area (Å²) in [5.74, 6) is -1.13. The molecule has 1 unspecified atom stereocenters. The van der Waals surface area contributed by atoms with Crippen molar-refractivity contribution < 1.29 is 41.7 Å². The number of hydrogen-bond donors (Lipinski definition) is 3. The average molecular weight is 755 g/mol. The van der Waals surface area contributed by atoms with Gasteiger partial charge in [0.15, 0.2) is 0 Å². The molecule has 5 atom stereocenters. The molecule has 3 N–H and O–H groups in total. The number of sulfonamides is 1. The Hall–Kier alpha value is -5.00. The molecule has 3 fully saturated rings. The first-order chi connectivity index (χ1) is 25.1. The minimum atomic E-state index is -3.87. The maximum absolute atomic E-state index is 14.7. The van der Waals surface area contributed by atoms with Gasteiger partial charge in [0.1, 0.15) is 29.5 Å². The summed E-state index contributed by atoms with van der Waals surface area (Å²) >= 11 is 0. The van der Waals surface area contributed by atoms with Crippen molar-refractivity contribution >= 4 is 44.5 Å². The third-order valence-corrected chi connectivity index (χ3v) is 11.8. The van der Waals surface area contributed by atoms with Gasteiger partial charge in [0, 0.05) is 18.0 Å². The number of aromatic nitrogens is 4. The molecule has 3 aromatic rings. The zero-order valence-electron chi connectivity index (χ0n) is 30.8. The van der Waals surface area contributed by atoms with Gasteiger partial charge in [0.05, 0.1) is 33.1 Å². The van der Waals surface area contributed by atoms with Crippen molar-refractivity contribution in [1.29, 1.82) is 0 Å². The minimum Gasteiger partial charge on any atom is -0.497 e. The van der Waals surface area contributed by atoms with E-state index < -0.39 is 62.1 Å². The Morgan fingerprint density at radius 3 is 2.30 bits per heavy atom. The monoisotopic (exact) mass is 754 g/mol. The number of nitrogens with one attached hydrogen (secondary N) is 3. The van der Waals surface area contributed by atoms with Gasteiger partial charge in [-0.05, 0) is 60.2 Å². The molecule has 2 saturated carbocycles. The number of nitrogens with zero attached hydrogens (tertiary/aromatic N) is 5. The first-order valence-electron chi connectivity index (χ1n) is 17.5. The molecule has 1 aliphatic heterocycles. The average Bonchev–Trinajstić information content (AvgIpc) is 4.06. The van der Waals surface area contributed by atoms with E-state index in [-0.39, 0.29) is 43.3 Å². The van der Waals surface area contributed by atoms with Crippen molar-refractivity contribution in [3.63, 3.8) is 0 Å². The highest BCUT2D eigenvalue weighted by atomic mass is 32.2. The highest BCUT2D eigenvalue weighted by Gasteiger charge is 2.62. The van der Waals surface area contributed by atoms with Gasteiger partial charge in [-0.15, -0.1) is 4.98 Å². The number of ether oxygens (including phenoxy) is 4. The van der Waals surface area contributed by atoms with E-state index in [0.29, 0.717) is 36.3 Å². The van der Waals surface area contributed by atoms with Gasteiger partial charge in [-0.3, -0.25) is 19.1 Å². The van der Waals surface area contributed by atoms with E-state index in [9.17, 15) is 22.8 Å². The lowest BCUT2D eigenvalue weighted by molar-refractivity contribution is -0.141. The van der Waals surface area contributed by atoms with Crippen LogP contribution in [0.3, 0.4) is 0 Å². The number of anilines is 1. The predicted molar refractivity (Wildman–Crippen MR) is 192 cm³/mol. The molecule has 6 rings (SSSR count). The molecular formula is C35H46N8O9S. The Morgan fingerprint density at radius 2 is 1.72 bits per heavy atom. The van der Waals surface area contributed by atoms with Crippen molar-refractivity contribution in [2.75, 3.05) is 33.2 Å².